The molecule has 0 radical (unpaired) electrons. The molecule has 1 aromatic rings. The summed E-state index contributed by atoms with van der Waals surface area (Å²) in [4.78, 5) is 23.9. The number of carbonyl (C=O) groups excluding carboxylic acids is 2. The van der Waals surface area contributed by atoms with Gasteiger partial charge in [0.15, 0.2) is 11.6 Å². The molecule has 1 aliphatic rings. The highest BCUT2D eigenvalue weighted by molar-refractivity contribution is 6.36. The molecule has 0 bridgehead atoms. The highest BCUT2D eigenvalue weighted by atomic mass is 16.1. The number of ketones is 2. The quantitative estimate of drug-likeness (QED) is 0.756. The molecular formula is C16H16O2. The van der Waals surface area contributed by atoms with Crippen molar-refractivity contribution in [3.05, 3.63) is 53.6 Å². The molecule has 0 spiro atoms. The Bertz CT molecular complexity index is 521. The fourth-order valence-electron chi connectivity index (χ4n) is 2.13. The fourth-order valence-corrected chi connectivity index (χ4v) is 2.13. The number of hydrogen-bond acceptors (Lipinski definition) is 2. The Morgan fingerprint density at radius 2 is 1.61 bits per heavy atom. The maximum atomic E-state index is 12.0. The van der Waals surface area contributed by atoms with Crippen molar-refractivity contribution in [2.45, 2.75) is 26.2 Å². The van der Waals surface area contributed by atoms with E-state index in [0.717, 1.165) is 18.4 Å². The van der Waals surface area contributed by atoms with Crippen molar-refractivity contribution in [1.29, 1.82) is 0 Å². The summed E-state index contributed by atoms with van der Waals surface area (Å²) in [6.45, 7) is 2.08. The zero-order chi connectivity index (χ0) is 13.0. The molecular weight excluding hydrogens is 224 g/mol. The third-order valence-electron chi connectivity index (χ3n) is 3.07. The van der Waals surface area contributed by atoms with Gasteiger partial charge < -0.3 is 0 Å². The van der Waals surface area contributed by atoms with Crippen molar-refractivity contribution in [3.63, 3.8) is 0 Å². The molecule has 2 nitrogen and oxygen atoms in total. The highest BCUT2D eigenvalue weighted by Gasteiger charge is 2.22. The Kier molecular flexibility index (Phi) is 3.88. The van der Waals surface area contributed by atoms with E-state index in [4.69, 9.17) is 0 Å². The molecule has 0 fully saturated rings. The summed E-state index contributed by atoms with van der Waals surface area (Å²) in [6, 6.07) is 9.43. The molecule has 1 aromatic carbocycles. The van der Waals surface area contributed by atoms with Crippen LogP contribution in [0.3, 0.4) is 0 Å². The smallest absolute Gasteiger partial charge is 0.186 e. The second kappa shape index (κ2) is 5.58. The first-order valence-electron chi connectivity index (χ1n) is 6.29. The largest absolute Gasteiger partial charge is 0.290 e. The third-order valence-corrected chi connectivity index (χ3v) is 3.07. The van der Waals surface area contributed by atoms with E-state index in [0.29, 0.717) is 17.6 Å². The Morgan fingerprint density at radius 1 is 0.944 bits per heavy atom. The normalized spacial score (nSPS) is 15.4. The second-order valence-electron chi connectivity index (χ2n) is 4.38. The van der Waals surface area contributed by atoms with Crippen LogP contribution in [0.4, 0.5) is 0 Å². The lowest BCUT2D eigenvalue weighted by molar-refractivity contribution is -0.114. The molecule has 0 aromatic heterocycles. The zero-order valence-electron chi connectivity index (χ0n) is 10.5. The van der Waals surface area contributed by atoms with Gasteiger partial charge in [-0.3, -0.25) is 9.59 Å². The Morgan fingerprint density at radius 3 is 2.28 bits per heavy atom. The monoisotopic (exact) mass is 240 g/mol. The van der Waals surface area contributed by atoms with Gasteiger partial charge >= 0.3 is 0 Å². The van der Waals surface area contributed by atoms with Crippen LogP contribution in [0, 0.1) is 0 Å². The van der Waals surface area contributed by atoms with Gasteiger partial charge in [0.05, 0.1) is 0 Å². The van der Waals surface area contributed by atoms with Crippen LogP contribution in [0.25, 0.3) is 5.57 Å². The summed E-state index contributed by atoms with van der Waals surface area (Å²) in [5.41, 5.74) is 2.08. The molecule has 0 heterocycles. The van der Waals surface area contributed by atoms with E-state index in [1.54, 1.807) is 0 Å². The van der Waals surface area contributed by atoms with Crippen molar-refractivity contribution < 1.29 is 9.59 Å². The maximum Gasteiger partial charge on any atom is 0.186 e. The molecule has 92 valence electrons. The van der Waals surface area contributed by atoms with Crippen LogP contribution in [0.5, 0.6) is 0 Å². The predicted octanol–water partition coefficient (Wildman–Crippen LogP) is 3.34. The molecule has 0 atom stereocenters. The van der Waals surface area contributed by atoms with Gasteiger partial charge in [-0.1, -0.05) is 43.7 Å². The number of unbranched alkanes of at least 4 members (excludes halogenated alkanes) is 1. The van der Waals surface area contributed by atoms with E-state index >= 15 is 0 Å². The van der Waals surface area contributed by atoms with E-state index in [1.165, 1.54) is 12.2 Å². The second-order valence-corrected chi connectivity index (χ2v) is 4.38. The van der Waals surface area contributed by atoms with Gasteiger partial charge in [0, 0.05) is 11.1 Å². The minimum absolute atomic E-state index is 0.0260. The Labute approximate surface area is 107 Å². The number of rotatable bonds is 4. The van der Waals surface area contributed by atoms with E-state index in [1.807, 2.05) is 30.3 Å². The van der Waals surface area contributed by atoms with E-state index in [9.17, 15) is 9.59 Å². The summed E-state index contributed by atoms with van der Waals surface area (Å²) < 4.78 is 0. The van der Waals surface area contributed by atoms with E-state index in [-0.39, 0.29) is 11.6 Å². The summed E-state index contributed by atoms with van der Waals surface area (Å²) in [5, 5.41) is 0. The van der Waals surface area contributed by atoms with Crippen molar-refractivity contribution >= 4 is 17.1 Å². The van der Waals surface area contributed by atoms with Gasteiger partial charge in [0.2, 0.25) is 0 Å². The highest BCUT2D eigenvalue weighted by Crippen LogP contribution is 2.27. The maximum absolute atomic E-state index is 12.0. The molecule has 1 aliphatic carbocycles. The summed E-state index contributed by atoms with van der Waals surface area (Å²) in [5.74, 6) is -0.0891. The van der Waals surface area contributed by atoms with Crippen molar-refractivity contribution in [2.24, 2.45) is 0 Å². The molecule has 0 N–H and O–H groups in total. The first-order valence-corrected chi connectivity index (χ1v) is 6.29. The molecule has 2 heteroatoms. The van der Waals surface area contributed by atoms with E-state index < -0.39 is 0 Å². The standard InChI is InChI=1S/C16H16O2/c1-2-3-9-13-14(17)10-11-15(18)16(13)12-7-5-4-6-8-12/h4-8,10-11H,2-3,9H2,1H3. The average molecular weight is 240 g/mol. The molecule has 0 unspecified atom stereocenters. The summed E-state index contributed by atoms with van der Waals surface area (Å²) >= 11 is 0. The van der Waals surface area contributed by atoms with Crippen LogP contribution < -0.4 is 0 Å². The van der Waals surface area contributed by atoms with Gasteiger partial charge in [-0.25, -0.2) is 0 Å². The minimum atomic E-state index is -0.0631. The minimum Gasteiger partial charge on any atom is -0.290 e. The molecule has 2 rings (SSSR count). The van der Waals surface area contributed by atoms with Gasteiger partial charge in [0.25, 0.3) is 0 Å². The van der Waals surface area contributed by atoms with Crippen LogP contribution in [0.1, 0.15) is 31.7 Å². The van der Waals surface area contributed by atoms with Crippen LogP contribution in [-0.2, 0) is 9.59 Å². The summed E-state index contributed by atoms with van der Waals surface area (Å²) in [6.07, 6.45) is 5.38. The molecule has 0 amide bonds. The van der Waals surface area contributed by atoms with Crippen LogP contribution in [-0.4, -0.2) is 11.6 Å². The fraction of sp³-hybridized carbons (Fsp3) is 0.250. The van der Waals surface area contributed by atoms with Crippen LogP contribution in [0.2, 0.25) is 0 Å². The van der Waals surface area contributed by atoms with Gasteiger partial charge in [0.1, 0.15) is 0 Å². The SMILES string of the molecule is CCCCC1=C(c2ccccc2)C(=O)C=CC1=O. The molecule has 0 saturated heterocycles. The van der Waals surface area contributed by atoms with Crippen molar-refractivity contribution in [2.75, 3.05) is 0 Å². The van der Waals surface area contributed by atoms with Crippen LogP contribution in [0.15, 0.2) is 48.1 Å². The number of benzene rings is 1. The lowest BCUT2D eigenvalue weighted by Crippen LogP contribution is -2.13. The number of carbonyl (C=O) groups is 2. The predicted molar refractivity (Wildman–Crippen MR) is 72.0 cm³/mol. The first kappa shape index (κ1) is 12.5. The van der Waals surface area contributed by atoms with Gasteiger partial charge in [-0.05, 0) is 30.6 Å². The topological polar surface area (TPSA) is 34.1 Å². The van der Waals surface area contributed by atoms with E-state index in [2.05, 4.69) is 6.92 Å². The van der Waals surface area contributed by atoms with Crippen molar-refractivity contribution in [3.8, 4) is 0 Å². The summed E-state index contributed by atoms with van der Waals surface area (Å²) in [7, 11) is 0. The van der Waals surface area contributed by atoms with Gasteiger partial charge in [-0.2, -0.15) is 0 Å². The average Bonchev–Trinajstić information content (AvgIpc) is 2.40. The molecule has 18 heavy (non-hydrogen) atoms. The zero-order valence-corrected chi connectivity index (χ0v) is 10.5. The van der Waals surface area contributed by atoms with Gasteiger partial charge in [-0.15, -0.1) is 0 Å². The lowest BCUT2D eigenvalue weighted by Gasteiger charge is -2.14. The molecule has 0 aliphatic heterocycles. The molecule has 0 saturated carbocycles. The van der Waals surface area contributed by atoms with Crippen molar-refractivity contribution in [1.82, 2.24) is 0 Å². The Balaban J connectivity index is 2.47. The number of allylic oxidation sites excluding steroid dienone is 4. The number of hydrogen-bond donors (Lipinski definition) is 0. The first-order chi connectivity index (χ1) is 8.74. The Hall–Kier alpha value is -1.96. The third kappa shape index (κ3) is 2.48. The van der Waals surface area contributed by atoms with Crippen LogP contribution >= 0.6 is 0 Å². The lowest BCUT2D eigenvalue weighted by atomic mass is 9.87.